The number of rotatable bonds is 5. The molecule has 0 rings (SSSR count). The summed E-state index contributed by atoms with van der Waals surface area (Å²) < 4.78 is 0. The van der Waals surface area contributed by atoms with Gasteiger partial charge in [-0.25, -0.2) is 0 Å². The highest BCUT2D eigenvalue weighted by atomic mass is 16.3. The summed E-state index contributed by atoms with van der Waals surface area (Å²) in [5, 5.41) is 16.0. The van der Waals surface area contributed by atoms with Gasteiger partial charge in [-0.15, -0.1) is 0 Å². The van der Waals surface area contributed by atoms with Crippen molar-refractivity contribution in [1.29, 1.82) is 0 Å². The van der Waals surface area contributed by atoms with Gasteiger partial charge in [0.05, 0.1) is 0 Å². The number of hydrogen-bond donors (Lipinski definition) is 4. The smallest absolute Gasteiger partial charge is 0.0445 e. The third-order valence-electron chi connectivity index (χ3n) is 1.28. The molecule has 76 valence electrons. The minimum absolute atomic E-state index is 0.138. The van der Waals surface area contributed by atoms with Crippen molar-refractivity contribution in [2.24, 2.45) is 11.5 Å². The zero-order valence-corrected chi connectivity index (χ0v) is 7.87. The van der Waals surface area contributed by atoms with Gasteiger partial charge in [0, 0.05) is 19.3 Å². The zero-order chi connectivity index (χ0) is 9.82. The SMILES string of the molecule is CCO.NCCCC(N)CCO. The quantitative estimate of drug-likeness (QED) is 0.454. The molecular formula is C8H22N2O2. The number of aliphatic hydroxyl groups is 2. The summed E-state index contributed by atoms with van der Waals surface area (Å²) in [5.74, 6) is 0. The first-order chi connectivity index (χ1) is 5.72. The first-order valence-electron chi connectivity index (χ1n) is 4.40. The molecule has 0 aliphatic carbocycles. The van der Waals surface area contributed by atoms with Gasteiger partial charge in [-0.05, 0) is 32.7 Å². The molecular weight excluding hydrogens is 156 g/mol. The second kappa shape index (κ2) is 13.4. The minimum Gasteiger partial charge on any atom is -0.397 e. The van der Waals surface area contributed by atoms with Gasteiger partial charge < -0.3 is 21.7 Å². The van der Waals surface area contributed by atoms with Gasteiger partial charge in [-0.1, -0.05) is 0 Å². The van der Waals surface area contributed by atoms with E-state index >= 15 is 0 Å². The van der Waals surface area contributed by atoms with E-state index in [2.05, 4.69) is 0 Å². The molecule has 0 saturated heterocycles. The Hall–Kier alpha value is -0.160. The van der Waals surface area contributed by atoms with Gasteiger partial charge in [0.25, 0.3) is 0 Å². The normalized spacial score (nSPS) is 11.8. The second-order valence-corrected chi connectivity index (χ2v) is 2.52. The number of hydrogen-bond acceptors (Lipinski definition) is 4. The maximum Gasteiger partial charge on any atom is 0.0445 e. The van der Waals surface area contributed by atoms with Crippen molar-refractivity contribution < 1.29 is 10.2 Å². The fourth-order valence-corrected chi connectivity index (χ4v) is 0.690. The molecule has 0 amide bonds. The molecule has 0 radical (unpaired) electrons. The highest BCUT2D eigenvalue weighted by Crippen LogP contribution is 1.95. The van der Waals surface area contributed by atoms with Crippen molar-refractivity contribution in [2.45, 2.75) is 32.2 Å². The minimum atomic E-state index is 0.138. The Bertz CT molecular complexity index is 72.1. The highest BCUT2D eigenvalue weighted by Gasteiger charge is 1.98. The summed E-state index contributed by atoms with van der Waals surface area (Å²) in [4.78, 5) is 0. The van der Waals surface area contributed by atoms with E-state index in [4.69, 9.17) is 21.7 Å². The van der Waals surface area contributed by atoms with Crippen LogP contribution < -0.4 is 11.5 Å². The molecule has 1 unspecified atom stereocenters. The van der Waals surface area contributed by atoms with Crippen molar-refractivity contribution in [3.05, 3.63) is 0 Å². The maximum absolute atomic E-state index is 8.42. The largest absolute Gasteiger partial charge is 0.397 e. The number of aliphatic hydroxyl groups excluding tert-OH is 2. The van der Waals surface area contributed by atoms with E-state index < -0.39 is 0 Å². The van der Waals surface area contributed by atoms with Crippen LogP contribution in [0.25, 0.3) is 0 Å². The van der Waals surface area contributed by atoms with E-state index in [0.29, 0.717) is 13.0 Å². The van der Waals surface area contributed by atoms with Crippen LogP contribution in [0.3, 0.4) is 0 Å². The molecule has 6 N–H and O–H groups in total. The predicted octanol–water partition coefficient (Wildman–Crippen LogP) is -0.566. The summed E-state index contributed by atoms with van der Waals surface area (Å²) in [5.41, 5.74) is 10.8. The van der Waals surface area contributed by atoms with E-state index in [1.165, 1.54) is 0 Å². The van der Waals surface area contributed by atoms with Crippen LogP contribution in [0.4, 0.5) is 0 Å². The van der Waals surface area contributed by atoms with Crippen LogP contribution in [0, 0.1) is 0 Å². The molecule has 0 aromatic heterocycles. The molecule has 0 heterocycles. The van der Waals surface area contributed by atoms with Crippen LogP contribution >= 0.6 is 0 Å². The summed E-state index contributed by atoms with van der Waals surface area (Å²) in [6, 6.07) is 0.138. The zero-order valence-electron chi connectivity index (χ0n) is 7.87. The van der Waals surface area contributed by atoms with Crippen LogP contribution in [0.15, 0.2) is 0 Å². The fourth-order valence-electron chi connectivity index (χ4n) is 0.690. The Morgan fingerprint density at radius 3 is 2.08 bits per heavy atom. The Morgan fingerprint density at radius 1 is 1.25 bits per heavy atom. The van der Waals surface area contributed by atoms with Gasteiger partial charge in [-0.3, -0.25) is 0 Å². The van der Waals surface area contributed by atoms with Crippen LogP contribution in [-0.2, 0) is 0 Å². The van der Waals surface area contributed by atoms with Crippen molar-refractivity contribution in [3.63, 3.8) is 0 Å². The van der Waals surface area contributed by atoms with Gasteiger partial charge in [0.2, 0.25) is 0 Å². The van der Waals surface area contributed by atoms with Crippen molar-refractivity contribution in [2.75, 3.05) is 19.8 Å². The van der Waals surface area contributed by atoms with E-state index in [1.54, 1.807) is 6.92 Å². The highest BCUT2D eigenvalue weighted by molar-refractivity contribution is 4.59. The number of nitrogens with two attached hydrogens (primary N) is 2. The van der Waals surface area contributed by atoms with Gasteiger partial charge in [0.1, 0.15) is 0 Å². The standard InChI is InChI=1S/C6H16N2O.C2H6O/c7-4-1-2-6(8)3-5-9;1-2-3/h6,9H,1-5,7-8H2;3H,2H2,1H3. The monoisotopic (exact) mass is 178 g/mol. The van der Waals surface area contributed by atoms with Crippen molar-refractivity contribution in [3.8, 4) is 0 Å². The van der Waals surface area contributed by atoms with Crippen molar-refractivity contribution in [1.82, 2.24) is 0 Å². The molecule has 1 atom stereocenters. The molecule has 0 aliphatic heterocycles. The van der Waals surface area contributed by atoms with E-state index in [1.807, 2.05) is 0 Å². The molecule has 0 saturated carbocycles. The fraction of sp³-hybridized carbons (Fsp3) is 1.00. The Kier molecular flexibility index (Phi) is 16.1. The lowest BCUT2D eigenvalue weighted by Gasteiger charge is -2.06. The average Bonchev–Trinajstić information content (AvgIpc) is 2.03. The summed E-state index contributed by atoms with van der Waals surface area (Å²) in [7, 11) is 0. The molecule has 0 aromatic rings. The Labute approximate surface area is 74.6 Å². The summed E-state index contributed by atoms with van der Waals surface area (Å²) in [6.45, 7) is 2.81. The van der Waals surface area contributed by atoms with Crippen molar-refractivity contribution >= 4 is 0 Å². The third kappa shape index (κ3) is 16.4. The molecule has 0 aromatic carbocycles. The maximum atomic E-state index is 8.42. The van der Waals surface area contributed by atoms with Gasteiger partial charge >= 0.3 is 0 Å². The average molecular weight is 178 g/mol. The van der Waals surface area contributed by atoms with Gasteiger partial charge in [-0.2, -0.15) is 0 Å². The first kappa shape index (κ1) is 14.4. The molecule has 0 aliphatic rings. The molecule has 0 bridgehead atoms. The first-order valence-corrected chi connectivity index (χ1v) is 4.40. The lowest BCUT2D eigenvalue weighted by Crippen LogP contribution is -2.22. The molecule has 0 fully saturated rings. The third-order valence-corrected chi connectivity index (χ3v) is 1.28. The van der Waals surface area contributed by atoms with E-state index in [-0.39, 0.29) is 19.3 Å². The van der Waals surface area contributed by atoms with Crippen LogP contribution in [0.5, 0.6) is 0 Å². The lowest BCUT2D eigenvalue weighted by atomic mass is 10.1. The Balaban J connectivity index is 0. The molecule has 4 nitrogen and oxygen atoms in total. The molecule has 12 heavy (non-hydrogen) atoms. The summed E-state index contributed by atoms with van der Waals surface area (Å²) >= 11 is 0. The van der Waals surface area contributed by atoms with Crippen LogP contribution in [0.1, 0.15) is 26.2 Å². The Morgan fingerprint density at radius 2 is 1.75 bits per heavy atom. The molecule has 0 spiro atoms. The topological polar surface area (TPSA) is 92.5 Å². The predicted molar refractivity (Wildman–Crippen MR) is 50.7 cm³/mol. The van der Waals surface area contributed by atoms with E-state index in [0.717, 1.165) is 12.8 Å². The van der Waals surface area contributed by atoms with Crippen LogP contribution in [-0.4, -0.2) is 36.0 Å². The lowest BCUT2D eigenvalue weighted by molar-refractivity contribution is 0.272. The summed E-state index contributed by atoms with van der Waals surface area (Å²) in [6.07, 6.45) is 2.58. The van der Waals surface area contributed by atoms with Crippen LogP contribution in [0.2, 0.25) is 0 Å². The van der Waals surface area contributed by atoms with Gasteiger partial charge in [0.15, 0.2) is 0 Å². The second-order valence-electron chi connectivity index (χ2n) is 2.52. The molecule has 4 heteroatoms. The van der Waals surface area contributed by atoms with E-state index in [9.17, 15) is 0 Å².